The molecule has 3 heterocycles. The second kappa shape index (κ2) is 9.54. The number of rotatable bonds is 5. The van der Waals surface area contributed by atoms with Crippen molar-refractivity contribution in [2.24, 2.45) is 0 Å². The Morgan fingerprint density at radius 3 is 2.44 bits per heavy atom. The first-order valence-electron chi connectivity index (χ1n) is 12.2. The molecule has 0 unspecified atom stereocenters. The van der Waals surface area contributed by atoms with Crippen molar-refractivity contribution in [2.75, 3.05) is 32.5 Å². The Balaban J connectivity index is 1.45. The molecule has 8 heteroatoms. The zero-order valence-corrected chi connectivity index (χ0v) is 19.9. The van der Waals surface area contributed by atoms with Crippen LogP contribution in [0.2, 0.25) is 0 Å². The number of piperidine rings is 1. The Morgan fingerprint density at radius 1 is 1.06 bits per heavy atom. The van der Waals surface area contributed by atoms with Crippen LogP contribution in [0.5, 0.6) is 0 Å². The highest BCUT2D eigenvalue weighted by atomic mass is 16.2. The van der Waals surface area contributed by atoms with Gasteiger partial charge < -0.3 is 20.1 Å². The molecule has 1 saturated heterocycles. The minimum Gasteiger partial charge on any atom is -0.355 e. The van der Waals surface area contributed by atoms with Crippen molar-refractivity contribution in [3.05, 3.63) is 58.0 Å². The Labute approximate surface area is 199 Å². The number of amides is 1. The number of aromatic nitrogens is 3. The molecule has 0 spiro atoms. The van der Waals surface area contributed by atoms with E-state index in [1.165, 1.54) is 31.6 Å². The van der Waals surface area contributed by atoms with Crippen molar-refractivity contribution in [2.45, 2.75) is 50.5 Å². The lowest BCUT2D eigenvalue weighted by Crippen LogP contribution is -2.29. The van der Waals surface area contributed by atoms with Crippen LogP contribution in [0.3, 0.4) is 0 Å². The van der Waals surface area contributed by atoms with Crippen LogP contribution >= 0.6 is 0 Å². The molecule has 2 aromatic heterocycles. The van der Waals surface area contributed by atoms with Crippen LogP contribution in [0.4, 0.5) is 11.6 Å². The predicted molar refractivity (Wildman–Crippen MR) is 134 cm³/mol. The van der Waals surface area contributed by atoms with Gasteiger partial charge in [-0.2, -0.15) is 4.98 Å². The van der Waals surface area contributed by atoms with E-state index in [1.54, 1.807) is 6.20 Å². The van der Waals surface area contributed by atoms with Crippen molar-refractivity contribution >= 4 is 28.6 Å². The minimum atomic E-state index is -0.384. The minimum absolute atomic E-state index is 0.135. The lowest BCUT2D eigenvalue weighted by atomic mass is 9.89. The number of nitrogens with one attached hydrogen (secondary N) is 2. The van der Waals surface area contributed by atoms with E-state index in [1.807, 2.05) is 4.57 Å². The van der Waals surface area contributed by atoms with E-state index in [2.05, 4.69) is 51.8 Å². The Kier molecular flexibility index (Phi) is 6.32. The van der Waals surface area contributed by atoms with Gasteiger partial charge in [0.05, 0.1) is 5.39 Å². The predicted octanol–water partition coefficient (Wildman–Crippen LogP) is 3.82. The van der Waals surface area contributed by atoms with Crippen molar-refractivity contribution in [1.82, 2.24) is 24.8 Å². The van der Waals surface area contributed by atoms with E-state index in [9.17, 15) is 9.59 Å². The maximum Gasteiger partial charge on any atom is 0.256 e. The number of hydrogen-bond donors (Lipinski definition) is 2. The van der Waals surface area contributed by atoms with Crippen LogP contribution in [-0.2, 0) is 0 Å². The van der Waals surface area contributed by atoms with Crippen molar-refractivity contribution < 1.29 is 4.79 Å². The molecule has 2 aliphatic rings. The topological polar surface area (TPSA) is 92.2 Å². The Morgan fingerprint density at radius 2 is 1.76 bits per heavy atom. The fourth-order valence-electron chi connectivity index (χ4n) is 5.26. The molecule has 2 N–H and O–H groups in total. The fourth-order valence-corrected chi connectivity index (χ4v) is 5.26. The SMILES string of the molecule is CNC(=O)c1cn(C2CCCC2)c2nc(Nc3ccc(C4CCN(C)CC4)cc3)ncc2c1=O. The number of carbonyl (C=O) groups excluding carboxylic acids is 1. The number of hydrogen-bond acceptors (Lipinski definition) is 6. The van der Waals surface area contributed by atoms with Crippen LogP contribution in [0.25, 0.3) is 11.0 Å². The highest BCUT2D eigenvalue weighted by Gasteiger charge is 2.23. The summed E-state index contributed by atoms with van der Waals surface area (Å²) in [5.41, 5.74) is 2.65. The molecule has 8 nitrogen and oxygen atoms in total. The maximum absolute atomic E-state index is 13.0. The first-order chi connectivity index (χ1) is 16.5. The number of fused-ring (bicyclic) bond motifs is 1. The summed E-state index contributed by atoms with van der Waals surface area (Å²) < 4.78 is 2.00. The van der Waals surface area contributed by atoms with Crippen LogP contribution in [0.15, 0.2) is 41.5 Å². The number of anilines is 2. The van der Waals surface area contributed by atoms with Gasteiger partial charge in [-0.3, -0.25) is 9.59 Å². The molecule has 1 aromatic carbocycles. The van der Waals surface area contributed by atoms with E-state index in [-0.39, 0.29) is 22.9 Å². The van der Waals surface area contributed by atoms with E-state index in [0.717, 1.165) is 44.5 Å². The summed E-state index contributed by atoms with van der Waals surface area (Å²) in [6.07, 6.45) is 9.87. The van der Waals surface area contributed by atoms with Gasteiger partial charge in [0, 0.05) is 31.2 Å². The molecule has 34 heavy (non-hydrogen) atoms. The highest BCUT2D eigenvalue weighted by molar-refractivity contribution is 5.96. The first-order valence-corrected chi connectivity index (χ1v) is 12.2. The van der Waals surface area contributed by atoms with E-state index < -0.39 is 0 Å². The molecule has 3 aromatic rings. The third-order valence-electron chi connectivity index (χ3n) is 7.32. The summed E-state index contributed by atoms with van der Waals surface area (Å²) in [4.78, 5) is 36.8. The normalized spacial score (nSPS) is 17.8. The van der Waals surface area contributed by atoms with E-state index in [0.29, 0.717) is 22.9 Å². The summed E-state index contributed by atoms with van der Waals surface area (Å²) in [6.45, 7) is 2.28. The molecule has 178 valence electrons. The van der Waals surface area contributed by atoms with Crippen LogP contribution in [0.1, 0.15) is 66.4 Å². The van der Waals surface area contributed by atoms with Crippen molar-refractivity contribution in [3.63, 3.8) is 0 Å². The van der Waals surface area contributed by atoms with Gasteiger partial charge in [0.25, 0.3) is 5.91 Å². The monoisotopic (exact) mass is 460 g/mol. The quantitative estimate of drug-likeness (QED) is 0.601. The molecule has 1 aliphatic heterocycles. The second-order valence-electron chi connectivity index (χ2n) is 9.55. The Hall–Kier alpha value is -3.26. The molecule has 0 bridgehead atoms. The van der Waals surface area contributed by atoms with Crippen molar-refractivity contribution in [1.29, 1.82) is 0 Å². The fraction of sp³-hybridized carbons (Fsp3) is 0.462. The standard InChI is InChI=1S/C26H32N6O2/c1-27-25(34)22-16-32(20-5-3-4-6-20)24-21(23(22)33)15-28-26(30-24)29-19-9-7-17(8-10-19)18-11-13-31(2)14-12-18/h7-10,15-16,18,20H,3-6,11-14H2,1-2H3,(H,27,34)(H,28,29,30). The second-order valence-corrected chi connectivity index (χ2v) is 9.55. The van der Waals surface area contributed by atoms with E-state index >= 15 is 0 Å². The number of benzene rings is 1. The summed E-state index contributed by atoms with van der Waals surface area (Å²) in [7, 11) is 3.71. The van der Waals surface area contributed by atoms with Gasteiger partial charge in [-0.1, -0.05) is 25.0 Å². The molecule has 1 saturated carbocycles. The number of likely N-dealkylation sites (tertiary alicyclic amines) is 1. The van der Waals surface area contributed by atoms with Gasteiger partial charge in [0.2, 0.25) is 11.4 Å². The summed E-state index contributed by atoms with van der Waals surface area (Å²) in [6, 6.07) is 8.73. The molecule has 0 atom stereocenters. The molecule has 5 rings (SSSR count). The summed E-state index contributed by atoms with van der Waals surface area (Å²) >= 11 is 0. The van der Waals surface area contributed by atoms with Gasteiger partial charge in [-0.15, -0.1) is 0 Å². The summed E-state index contributed by atoms with van der Waals surface area (Å²) in [5, 5.41) is 6.24. The molecule has 0 radical (unpaired) electrons. The van der Waals surface area contributed by atoms with Gasteiger partial charge in [0.1, 0.15) is 11.2 Å². The summed E-state index contributed by atoms with van der Waals surface area (Å²) in [5.74, 6) is 0.668. The third kappa shape index (κ3) is 4.42. The average Bonchev–Trinajstić information content (AvgIpc) is 3.40. The van der Waals surface area contributed by atoms with Gasteiger partial charge >= 0.3 is 0 Å². The van der Waals surface area contributed by atoms with E-state index in [4.69, 9.17) is 4.98 Å². The average molecular weight is 461 g/mol. The largest absolute Gasteiger partial charge is 0.355 e. The smallest absolute Gasteiger partial charge is 0.256 e. The van der Waals surface area contributed by atoms with Crippen molar-refractivity contribution in [3.8, 4) is 0 Å². The third-order valence-corrected chi connectivity index (χ3v) is 7.32. The number of carbonyl (C=O) groups is 1. The maximum atomic E-state index is 13.0. The molecule has 1 amide bonds. The number of pyridine rings is 1. The molecule has 2 fully saturated rings. The zero-order valence-electron chi connectivity index (χ0n) is 19.9. The lowest BCUT2D eigenvalue weighted by molar-refractivity contribution is 0.0961. The van der Waals surface area contributed by atoms with Gasteiger partial charge in [-0.25, -0.2) is 4.98 Å². The van der Waals surface area contributed by atoms with Crippen LogP contribution in [-0.4, -0.2) is 52.5 Å². The molecular weight excluding hydrogens is 428 g/mol. The van der Waals surface area contributed by atoms with Gasteiger partial charge in [0.15, 0.2) is 0 Å². The van der Waals surface area contributed by atoms with Gasteiger partial charge in [-0.05, 0) is 69.4 Å². The molecule has 1 aliphatic carbocycles. The molecular formula is C26H32N6O2. The number of nitrogens with zero attached hydrogens (tertiary/aromatic N) is 4. The Bertz CT molecular complexity index is 1240. The highest BCUT2D eigenvalue weighted by Crippen LogP contribution is 2.32. The zero-order chi connectivity index (χ0) is 23.7. The lowest BCUT2D eigenvalue weighted by Gasteiger charge is -2.29. The van der Waals surface area contributed by atoms with Crippen LogP contribution in [0, 0.1) is 0 Å². The first kappa shape index (κ1) is 22.5. The van der Waals surface area contributed by atoms with Crippen LogP contribution < -0.4 is 16.1 Å².